The Bertz CT molecular complexity index is 5490. The standard InChI is InChI=1S/C92H74O2/c1-89(2,3)93-61-43-35-55(36-44-61)83-67-23-11-13-25-69(67)85(70-26-14-12-24-68(70)83)59-41-49-65-63-47-39-57(51-79(63)91(7,8)81(65)53-59)58-40-48-64-66-50-42-60(54-82(66)92(9,10)80(64)52-58)86-73-29-17-21-33-77(73)88(78-34-22-18-30-74(78)86)87-75-31-19-15-27-71(75)84(72-28-16-20-32-76(72)87)56-37-45-62(46-38-56)94-90(4,5)6/h11-54H,1-10H3. The second kappa shape index (κ2) is 21.0. The molecule has 2 nitrogen and oxygen atoms in total. The summed E-state index contributed by atoms with van der Waals surface area (Å²) in [4.78, 5) is 0. The third kappa shape index (κ3) is 9.05. The van der Waals surface area contributed by atoms with E-state index in [4.69, 9.17) is 9.47 Å². The first kappa shape index (κ1) is 57.4. The quantitative estimate of drug-likeness (QED) is 0.141. The summed E-state index contributed by atoms with van der Waals surface area (Å²) in [7, 11) is 0. The third-order valence-electron chi connectivity index (χ3n) is 20.4. The first-order valence-electron chi connectivity index (χ1n) is 33.4. The average molecular weight is 1210 g/mol. The molecule has 2 aliphatic carbocycles. The minimum atomic E-state index is -0.285. The molecule has 17 rings (SSSR count). The fraction of sp³-hybridized carbons (Fsp3) is 0.152. The molecule has 94 heavy (non-hydrogen) atoms. The van der Waals surface area contributed by atoms with Gasteiger partial charge in [0.2, 0.25) is 0 Å². The fourth-order valence-corrected chi connectivity index (χ4v) is 16.4. The topological polar surface area (TPSA) is 18.5 Å². The Morgan fingerprint density at radius 1 is 0.213 bits per heavy atom. The van der Waals surface area contributed by atoms with Crippen LogP contribution in [0.2, 0.25) is 0 Å². The van der Waals surface area contributed by atoms with Crippen LogP contribution in [0.25, 0.3) is 154 Å². The first-order chi connectivity index (χ1) is 45.4. The van der Waals surface area contributed by atoms with E-state index >= 15 is 0 Å². The first-order valence-corrected chi connectivity index (χ1v) is 33.4. The molecule has 454 valence electrons. The van der Waals surface area contributed by atoms with Gasteiger partial charge in [0.25, 0.3) is 0 Å². The van der Waals surface area contributed by atoms with Gasteiger partial charge < -0.3 is 9.47 Å². The van der Waals surface area contributed by atoms with Crippen molar-refractivity contribution in [2.24, 2.45) is 0 Å². The van der Waals surface area contributed by atoms with Crippen molar-refractivity contribution in [3.05, 3.63) is 289 Å². The lowest BCUT2D eigenvalue weighted by molar-refractivity contribution is 0.130. The highest BCUT2D eigenvalue weighted by molar-refractivity contribution is 6.30. The van der Waals surface area contributed by atoms with Gasteiger partial charge >= 0.3 is 0 Å². The van der Waals surface area contributed by atoms with Crippen LogP contribution in [0.4, 0.5) is 0 Å². The van der Waals surface area contributed by atoms with Gasteiger partial charge in [-0.2, -0.15) is 0 Å². The highest BCUT2D eigenvalue weighted by atomic mass is 16.5. The molecule has 0 unspecified atom stereocenters. The Morgan fingerprint density at radius 3 is 0.638 bits per heavy atom. The minimum absolute atomic E-state index is 0.240. The average Bonchev–Trinajstić information content (AvgIpc) is 1.08. The van der Waals surface area contributed by atoms with Crippen molar-refractivity contribution in [3.8, 4) is 101 Å². The summed E-state index contributed by atoms with van der Waals surface area (Å²) < 4.78 is 12.6. The highest BCUT2D eigenvalue weighted by Crippen LogP contribution is 2.56. The molecule has 2 aliphatic rings. The maximum atomic E-state index is 6.30. The Balaban J connectivity index is 0.727. The van der Waals surface area contributed by atoms with Crippen LogP contribution in [0.1, 0.15) is 91.5 Å². The zero-order valence-corrected chi connectivity index (χ0v) is 55.2. The summed E-state index contributed by atoms with van der Waals surface area (Å²) in [5.74, 6) is 1.75. The van der Waals surface area contributed by atoms with E-state index in [1.54, 1.807) is 0 Å². The molecule has 0 saturated carbocycles. The van der Waals surface area contributed by atoms with Gasteiger partial charge in [0.15, 0.2) is 0 Å². The lowest BCUT2D eigenvalue weighted by Crippen LogP contribution is -2.22. The van der Waals surface area contributed by atoms with Gasteiger partial charge in [-0.15, -0.1) is 0 Å². The van der Waals surface area contributed by atoms with E-state index in [0.29, 0.717) is 0 Å². The maximum Gasteiger partial charge on any atom is 0.120 e. The molecule has 0 saturated heterocycles. The van der Waals surface area contributed by atoms with Crippen molar-refractivity contribution in [3.63, 3.8) is 0 Å². The molecule has 0 amide bonds. The predicted octanol–water partition coefficient (Wildman–Crippen LogP) is 25.6. The van der Waals surface area contributed by atoms with Crippen molar-refractivity contribution in [2.75, 3.05) is 0 Å². The van der Waals surface area contributed by atoms with Crippen LogP contribution in [-0.4, -0.2) is 11.2 Å². The summed E-state index contributed by atoms with van der Waals surface area (Å²) in [5.41, 5.74) is 24.5. The van der Waals surface area contributed by atoms with Crippen molar-refractivity contribution in [1.29, 1.82) is 0 Å². The molecule has 0 bridgehead atoms. The van der Waals surface area contributed by atoms with Crippen molar-refractivity contribution in [2.45, 2.75) is 91.3 Å². The summed E-state index contributed by atoms with van der Waals surface area (Å²) in [6.07, 6.45) is 0. The van der Waals surface area contributed by atoms with E-state index in [9.17, 15) is 0 Å². The summed E-state index contributed by atoms with van der Waals surface area (Å²) in [5, 5.41) is 14.9. The van der Waals surface area contributed by atoms with Crippen LogP contribution in [-0.2, 0) is 10.8 Å². The summed E-state index contributed by atoms with van der Waals surface area (Å²) in [6.45, 7) is 22.3. The predicted molar refractivity (Wildman–Crippen MR) is 400 cm³/mol. The molecule has 0 aliphatic heterocycles. The Morgan fingerprint density at radius 2 is 0.404 bits per heavy atom. The van der Waals surface area contributed by atoms with Gasteiger partial charge in [-0.05, 0) is 266 Å². The van der Waals surface area contributed by atoms with Gasteiger partial charge in [-0.25, -0.2) is 0 Å². The molecule has 15 aromatic carbocycles. The van der Waals surface area contributed by atoms with Crippen LogP contribution in [0.5, 0.6) is 11.5 Å². The number of rotatable bonds is 8. The smallest absolute Gasteiger partial charge is 0.120 e. The lowest BCUT2D eigenvalue weighted by atomic mass is 9.78. The lowest BCUT2D eigenvalue weighted by Gasteiger charge is -2.25. The number of hydrogen-bond donors (Lipinski definition) is 0. The molecule has 15 aromatic rings. The fourth-order valence-electron chi connectivity index (χ4n) is 16.4. The molecule has 0 aromatic heterocycles. The third-order valence-corrected chi connectivity index (χ3v) is 20.4. The monoisotopic (exact) mass is 1210 g/mol. The van der Waals surface area contributed by atoms with E-state index in [0.717, 1.165) is 11.5 Å². The maximum absolute atomic E-state index is 6.30. The highest BCUT2D eigenvalue weighted by Gasteiger charge is 2.39. The molecule has 0 N–H and O–H groups in total. The van der Waals surface area contributed by atoms with Crippen LogP contribution in [0.3, 0.4) is 0 Å². The number of hydrogen-bond acceptors (Lipinski definition) is 2. The van der Waals surface area contributed by atoms with Crippen molar-refractivity contribution in [1.82, 2.24) is 0 Å². The number of fused-ring (bicyclic) bond motifs is 12. The molecule has 2 heteroatoms. The second-order valence-electron chi connectivity index (χ2n) is 29.3. The zero-order chi connectivity index (χ0) is 64.2. The Hall–Kier alpha value is -10.5. The summed E-state index contributed by atoms with van der Waals surface area (Å²) >= 11 is 0. The minimum Gasteiger partial charge on any atom is -0.488 e. The largest absolute Gasteiger partial charge is 0.488 e. The zero-order valence-electron chi connectivity index (χ0n) is 55.2. The van der Waals surface area contributed by atoms with E-state index in [2.05, 4.69) is 336 Å². The van der Waals surface area contributed by atoms with Crippen LogP contribution < -0.4 is 9.47 Å². The van der Waals surface area contributed by atoms with Crippen LogP contribution >= 0.6 is 0 Å². The van der Waals surface area contributed by atoms with Crippen molar-refractivity contribution >= 4 is 64.6 Å². The number of benzene rings is 15. The Labute approximate surface area is 551 Å². The van der Waals surface area contributed by atoms with E-state index in [1.165, 1.54) is 176 Å². The van der Waals surface area contributed by atoms with E-state index in [-0.39, 0.29) is 22.0 Å². The van der Waals surface area contributed by atoms with Gasteiger partial charge in [0, 0.05) is 10.8 Å². The molecule has 0 heterocycles. The molecular weight excluding hydrogens is 1140 g/mol. The normalized spacial score (nSPS) is 13.8. The molecule has 0 spiro atoms. The second-order valence-corrected chi connectivity index (χ2v) is 29.3. The summed E-state index contributed by atoms with van der Waals surface area (Å²) in [6, 6.07) is 101. The molecule has 0 radical (unpaired) electrons. The van der Waals surface area contributed by atoms with E-state index < -0.39 is 0 Å². The molecule has 0 atom stereocenters. The van der Waals surface area contributed by atoms with Gasteiger partial charge in [0.05, 0.1) is 0 Å². The molecule has 0 fully saturated rings. The van der Waals surface area contributed by atoms with Crippen molar-refractivity contribution < 1.29 is 9.47 Å². The number of ether oxygens (including phenoxy) is 2. The van der Waals surface area contributed by atoms with E-state index in [1.807, 2.05) is 0 Å². The molecular formula is C92H74O2. The van der Waals surface area contributed by atoms with Gasteiger partial charge in [-0.1, -0.05) is 246 Å². The van der Waals surface area contributed by atoms with Crippen LogP contribution in [0.15, 0.2) is 267 Å². The Kier molecular flexibility index (Phi) is 12.8. The van der Waals surface area contributed by atoms with Gasteiger partial charge in [-0.3, -0.25) is 0 Å². The van der Waals surface area contributed by atoms with Gasteiger partial charge in [0.1, 0.15) is 22.7 Å². The SMILES string of the molecule is CC(C)(C)Oc1ccc(-c2c3ccccc3c(-c3ccc4c(c3)C(C)(C)c3cc(-c5ccc6c(c5)C(C)(C)c5cc(-c7c8ccccc8c(-c8c9ccccc9c(-c9ccc(OC(C)(C)C)cc9)c9ccccc89)c8ccccc78)ccc5-6)ccc3-4)c3ccccc23)cc1. The van der Waals surface area contributed by atoms with Crippen LogP contribution in [0, 0.1) is 0 Å².